The number of hydrogen-bond donors (Lipinski definition) is 1. The lowest BCUT2D eigenvalue weighted by molar-refractivity contribution is 0.617. The van der Waals surface area contributed by atoms with E-state index < -0.39 is 0 Å². The summed E-state index contributed by atoms with van der Waals surface area (Å²) in [6.45, 7) is 0. The second-order valence-corrected chi connectivity index (χ2v) is 1.82. The van der Waals surface area contributed by atoms with Crippen molar-refractivity contribution in [1.82, 2.24) is 4.90 Å². The van der Waals surface area contributed by atoms with E-state index in [1.807, 2.05) is 37.0 Å². The lowest BCUT2D eigenvalue weighted by atomic mass is 10.8. The molecule has 7 heavy (non-hydrogen) atoms. The van der Waals surface area contributed by atoms with Gasteiger partial charge in [0.1, 0.15) is 0 Å². The monoisotopic (exact) mass is 213 g/mol. The van der Waals surface area contributed by atoms with E-state index in [2.05, 4.69) is 3.21 Å². The van der Waals surface area contributed by atoms with Crippen LogP contribution < -0.4 is 5.73 Å². The number of nitrogens with two attached hydrogens (primary N) is 1. The summed E-state index contributed by atoms with van der Waals surface area (Å²) >= 11 is 1.85. The van der Waals surface area contributed by atoms with E-state index in [0.29, 0.717) is 5.96 Å². The van der Waals surface area contributed by atoms with Crippen LogP contribution in [0.1, 0.15) is 0 Å². The predicted molar refractivity (Wildman–Crippen MR) is 39.3 cm³/mol. The summed E-state index contributed by atoms with van der Waals surface area (Å²) in [5.74, 6) is 0.542. The molecule has 0 unspecified atom stereocenters. The largest absolute Gasteiger partial charge is 0.369 e. The molecule has 0 bridgehead atoms. The zero-order valence-electron chi connectivity index (χ0n) is 4.35. The molecule has 4 heteroatoms. The molecule has 0 aliphatic heterocycles. The minimum Gasteiger partial charge on any atom is -0.369 e. The zero-order valence-corrected chi connectivity index (χ0v) is 6.51. The topological polar surface area (TPSA) is 41.6 Å². The highest BCUT2D eigenvalue weighted by Gasteiger charge is 1.87. The molecule has 2 N–H and O–H groups in total. The predicted octanol–water partition coefficient (Wildman–Crippen LogP) is 0.213. The van der Waals surface area contributed by atoms with Crippen molar-refractivity contribution in [3.05, 3.63) is 0 Å². The maximum absolute atomic E-state index is 5.28. The Morgan fingerprint density at radius 2 is 2.14 bits per heavy atom. The van der Waals surface area contributed by atoms with Crippen LogP contribution in [0, 0.1) is 0 Å². The third kappa shape index (κ3) is 2.67. The van der Waals surface area contributed by atoms with Gasteiger partial charge in [-0.1, -0.05) is 0 Å². The minimum atomic E-state index is 0.542. The van der Waals surface area contributed by atoms with Gasteiger partial charge >= 0.3 is 0 Å². The van der Waals surface area contributed by atoms with Crippen molar-refractivity contribution >= 4 is 28.8 Å². The van der Waals surface area contributed by atoms with E-state index in [1.165, 1.54) is 0 Å². The second kappa shape index (κ2) is 3.06. The average Bonchev–Trinajstić information content (AvgIpc) is 1.65. The molecule has 0 aromatic heterocycles. The van der Waals surface area contributed by atoms with Crippen LogP contribution in [0.25, 0.3) is 0 Å². The molecule has 0 spiro atoms. The Kier molecular flexibility index (Phi) is 3.06. The maximum atomic E-state index is 5.28. The number of rotatable bonds is 0. The molecule has 0 saturated carbocycles. The van der Waals surface area contributed by atoms with E-state index in [1.54, 1.807) is 4.90 Å². The Morgan fingerprint density at radius 1 is 1.71 bits per heavy atom. The van der Waals surface area contributed by atoms with Gasteiger partial charge in [0.25, 0.3) is 0 Å². The molecule has 0 aliphatic rings. The normalized spacial score (nSPS) is 11.6. The first-order chi connectivity index (χ1) is 3.18. The van der Waals surface area contributed by atoms with Crippen LogP contribution in [-0.4, -0.2) is 25.0 Å². The fourth-order valence-electron chi connectivity index (χ4n) is 0.0756. The molecule has 3 nitrogen and oxygen atoms in total. The molecule has 0 fully saturated rings. The van der Waals surface area contributed by atoms with Gasteiger partial charge < -0.3 is 10.6 Å². The highest BCUT2D eigenvalue weighted by Crippen LogP contribution is 1.82. The number of guanidine groups is 1. The van der Waals surface area contributed by atoms with Gasteiger partial charge in [0, 0.05) is 14.1 Å². The second-order valence-electron chi connectivity index (χ2n) is 1.34. The van der Waals surface area contributed by atoms with Crippen molar-refractivity contribution in [2.75, 3.05) is 14.1 Å². The molecule has 0 aromatic rings. The van der Waals surface area contributed by atoms with E-state index >= 15 is 0 Å². The molecular weight excluding hydrogens is 205 g/mol. The highest BCUT2D eigenvalue weighted by atomic mass is 127. The fraction of sp³-hybridized carbons (Fsp3) is 0.667. The molecule has 0 amide bonds. The van der Waals surface area contributed by atoms with Gasteiger partial charge in [0.2, 0.25) is 5.96 Å². The average molecular weight is 213 g/mol. The van der Waals surface area contributed by atoms with Gasteiger partial charge in [-0.3, -0.25) is 0 Å². The lowest BCUT2D eigenvalue weighted by Crippen LogP contribution is -2.29. The van der Waals surface area contributed by atoms with Crippen LogP contribution in [0.5, 0.6) is 0 Å². The Bertz CT molecular complexity index is 78.2. The van der Waals surface area contributed by atoms with Crippen LogP contribution in [0.4, 0.5) is 0 Å². The van der Waals surface area contributed by atoms with Crippen molar-refractivity contribution in [2.24, 2.45) is 8.94 Å². The number of nitrogens with zero attached hydrogens (tertiary/aromatic N) is 2. The van der Waals surface area contributed by atoms with E-state index in [9.17, 15) is 0 Å². The van der Waals surface area contributed by atoms with Crippen molar-refractivity contribution in [2.45, 2.75) is 0 Å². The van der Waals surface area contributed by atoms with Crippen LogP contribution in [0.3, 0.4) is 0 Å². The first-order valence-electron chi connectivity index (χ1n) is 1.80. The standard InChI is InChI=1S/C3H8IN3/c1-7(2)3(5)6-4/h1-2H3,(H2,5,6). The summed E-state index contributed by atoms with van der Waals surface area (Å²) in [6, 6.07) is 0. The Labute approximate surface area is 57.1 Å². The van der Waals surface area contributed by atoms with Gasteiger partial charge in [0.15, 0.2) is 0 Å². The first-order valence-corrected chi connectivity index (χ1v) is 2.76. The molecule has 0 saturated heterocycles. The Balaban J connectivity index is 3.56. The smallest absolute Gasteiger partial charge is 0.201 e. The summed E-state index contributed by atoms with van der Waals surface area (Å²) in [5, 5.41) is 0. The summed E-state index contributed by atoms with van der Waals surface area (Å²) in [6.07, 6.45) is 0. The highest BCUT2D eigenvalue weighted by molar-refractivity contribution is 14.1. The van der Waals surface area contributed by atoms with Crippen LogP contribution >= 0.6 is 22.9 Å². The SMILES string of the molecule is CN(C)C(N)=NI. The van der Waals surface area contributed by atoms with Crippen LogP contribution in [0.2, 0.25) is 0 Å². The molecule has 0 atom stereocenters. The van der Waals surface area contributed by atoms with Gasteiger partial charge in [0.05, 0.1) is 22.9 Å². The molecule has 0 radical (unpaired) electrons. The molecular formula is C3H8IN3. The van der Waals surface area contributed by atoms with Gasteiger partial charge in [-0.05, 0) is 0 Å². The van der Waals surface area contributed by atoms with E-state index in [-0.39, 0.29) is 0 Å². The third-order valence-electron chi connectivity index (χ3n) is 0.545. The lowest BCUT2D eigenvalue weighted by Gasteiger charge is -2.07. The maximum Gasteiger partial charge on any atom is 0.201 e. The quantitative estimate of drug-likeness (QED) is 0.355. The number of halogens is 1. The third-order valence-corrected chi connectivity index (χ3v) is 1.04. The zero-order chi connectivity index (χ0) is 5.86. The van der Waals surface area contributed by atoms with Crippen LogP contribution in [-0.2, 0) is 0 Å². The molecule has 0 aliphatic carbocycles. The van der Waals surface area contributed by atoms with Crippen molar-refractivity contribution < 1.29 is 0 Å². The molecule has 0 aromatic carbocycles. The summed E-state index contributed by atoms with van der Waals surface area (Å²) in [5.41, 5.74) is 5.28. The van der Waals surface area contributed by atoms with Gasteiger partial charge in [-0.15, -0.1) is 0 Å². The summed E-state index contributed by atoms with van der Waals surface area (Å²) < 4.78 is 3.68. The molecule has 42 valence electrons. The van der Waals surface area contributed by atoms with Crippen molar-refractivity contribution in [1.29, 1.82) is 0 Å². The van der Waals surface area contributed by atoms with Gasteiger partial charge in [-0.25, -0.2) is 0 Å². The first kappa shape index (κ1) is 7.00. The summed E-state index contributed by atoms with van der Waals surface area (Å²) in [4.78, 5) is 1.74. The minimum absolute atomic E-state index is 0.542. The number of hydrogen-bond acceptors (Lipinski definition) is 1. The summed E-state index contributed by atoms with van der Waals surface area (Å²) in [7, 11) is 3.69. The Hall–Kier alpha value is 0. The fourth-order valence-corrected chi connectivity index (χ4v) is 0.507. The van der Waals surface area contributed by atoms with E-state index in [4.69, 9.17) is 5.73 Å². The Morgan fingerprint density at radius 3 is 2.14 bits per heavy atom. The molecule has 0 heterocycles. The molecule has 0 rings (SSSR count). The van der Waals surface area contributed by atoms with Gasteiger partial charge in [-0.2, -0.15) is 3.21 Å². The van der Waals surface area contributed by atoms with Crippen molar-refractivity contribution in [3.63, 3.8) is 0 Å². The van der Waals surface area contributed by atoms with Crippen molar-refractivity contribution in [3.8, 4) is 0 Å². The van der Waals surface area contributed by atoms with E-state index in [0.717, 1.165) is 0 Å². The van der Waals surface area contributed by atoms with Crippen LogP contribution in [0.15, 0.2) is 3.21 Å².